The van der Waals surface area contributed by atoms with Crippen molar-refractivity contribution in [2.45, 2.75) is 18.9 Å². The number of nitrogens with zero attached hydrogens (tertiary/aromatic N) is 1. The Bertz CT molecular complexity index is 513. The Balaban J connectivity index is 2.11. The summed E-state index contributed by atoms with van der Waals surface area (Å²) in [5, 5.41) is 2.75. The van der Waals surface area contributed by atoms with Crippen molar-refractivity contribution in [2.24, 2.45) is 0 Å². The third-order valence-corrected chi connectivity index (χ3v) is 4.68. The molecule has 0 N–H and O–H groups in total. The summed E-state index contributed by atoms with van der Waals surface area (Å²) >= 11 is 8.60. The largest absolute Gasteiger partial charge is 0.486 e. The molecule has 5 heteroatoms. The first-order valence-corrected chi connectivity index (χ1v) is 7.87. The number of ether oxygens (including phenoxy) is 1. The third-order valence-electron chi connectivity index (χ3n) is 2.25. The van der Waals surface area contributed by atoms with Crippen molar-refractivity contribution in [3.63, 3.8) is 0 Å². The molecule has 2 nitrogen and oxygen atoms in total. The van der Waals surface area contributed by atoms with E-state index in [0.717, 1.165) is 21.6 Å². The van der Waals surface area contributed by atoms with E-state index in [1.165, 1.54) is 4.88 Å². The zero-order chi connectivity index (χ0) is 12.3. The summed E-state index contributed by atoms with van der Waals surface area (Å²) in [6, 6.07) is 5.97. The molecule has 17 heavy (non-hydrogen) atoms. The first-order valence-electron chi connectivity index (χ1n) is 5.08. The Morgan fingerprint density at radius 3 is 2.82 bits per heavy atom. The quantitative estimate of drug-likeness (QED) is 0.722. The van der Waals surface area contributed by atoms with Gasteiger partial charge in [0.25, 0.3) is 0 Å². The van der Waals surface area contributed by atoms with Crippen molar-refractivity contribution in [1.82, 2.24) is 4.98 Å². The molecular formula is C12H11Br2NOS. The lowest BCUT2D eigenvalue weighted by atomic mass is 10.3. The molecule has 0 saturated heterocycles. The molecule has 2 heterocycles. The van der Waals surface area contributed by atoms with Crippen molar-refractivity contribution < 1.29 is 4.74 Å². The molecule has 0 aliphatic carbocycles. The minimum Gasteiger partial charge on any atom is -0.486 e. The van der Waals surface area contributed by atoms with Crippen molar-refractivity contribution >= 4 is 43.2 Å². The van der Waals surface area contributed by atoms with Gasteiger partial charge >= 0.3 is 0 Å². The van der Waals surface area contributed by atoms with Crippen molar-refractivity contribution in [2.75, 3.05) is 0 Å². The van der Waals surface area contributed by atoms with E-state index in [-0.39, 0.29) is 0 Å². The van der Waals surface area contributed by atoms with E-state index in [1.807, 2.05) is 30.5 Å². The van der Waals surface area contributed by atoms with Gasteiger partial charge in [0.15, 0.2) is 0 Å². The van der Waals surface area contributed by atoms with Crippen molar-refractivity contribution in [3.05, 3.63) is 44.3 Å². The standard InChI is InChI=1S/C12H11Br2NOS/c1-8-2-3-11(10(6-13)15-8)16-7-12-9(14)4-5-17-12/h2-5H,6-7H2,1H3. The van der Waals surface area contributed by atoms with Gasteiger partial charge in [-0.15, -0.1) is 11.3 Å². The highest BCUT2D eigenvalue weighted by Gasteiger charge is 2.07. The molecule has 0 atom stereocenters. The van der Waals surface area contributed by atoms with Crippen molar-refractivity contribution in [3.8, 4) is 5.75 Å². The number of pyridine rings is 1. The predicted molar refractivity (Wildman–Crippen MR) is 78.0 cm³/mol. The highest BCUT2D eigenvalue weighted by atomic mass is 79.9. The third kappa shape index (κ3) is 3.30. The van der Waals surface area contributed by atoms with Crippen LogP contribution in [0.1, 0.15) is 16.3 Å². The molecule has 0 unspecified atom stereocenters. The van der Waals surface area contributed by atoms with E-state index in [9.17, 15) is 0 Å². The molecule has 2 rings (SSSR count). The van der Waals surface area contributed by atoms with E-state index in [4.69, 9.17) is 4.74 Å². The van der Waals surface area contributed by atoms with E-state index < -0.39 is 0 Å². The summed E-state index contributed by atoms with van der Waals surface area (Å²) in [6.45, 7) is 2.55. The van der Waals surface area contributed by atoms with Gasteiger partial charge in [-0.3, -0.25) is 4.98 Å². The van der Waals surface area contributed by atoms with E-state index in [0.29, 0.717) is 11.9 Å². The number of halogens is 2. The molecule has 2 aromatic heterocycles. The van der Waals surface area contributed by atoms with Gasteiger partial charge in [-0.25, -0.2) is 0 Å². The second kappa shape index (κ2) is 5.98. The Morgan fingerprint density at radius 1 is 1.35 bits per heavy atom. The molecule has 0 aromatic carbocycles. The zero-order valence-corrected chi connectivity index (χ0v) is 13.2. The lowest BCUT2D eigenvalue weighted by Gasteiger charge is -2.09. The number of hydrogen-bond donors (Lipinski definition) is 0. The minimum absolute atomic E-state index is 0.572. The maximum Gasteiger partial charge on any atom is 0.142 e. The number of aromatic nitrogens is 1. The number of rotatable bonds is 4. The summed E-state index contributed by atoms with van der Waals surface area (Å²) in [5.41, 5.74) is 1.95. The topological polar surface area (TPSA) is 22.1 Å². The van der Waals surface area contributed by atoms with Gasteiger partial charge in [0.05, 0.1) is 10.6 Å². The van der Waals surface area contributed by atoms with Crippen LogP contribution in [0.2, 0.25) is 0 Å². The van der Waals surface area contributed by atoms with E-state index in [2.05, 4.69) is 36.8 Å². The fourth-order valence-electron chi connectivity index (χ4n) is 1.40. The van der Waals surface area contributed by atoms with Crippen LogP contribution in [0.5, 0.6) is 5.75 Å². The van der Waals surface area contributed by atoms with Gasteiger partial charge in [0.2, 0.25) is 0 Å². The number of alkyl halides is 1. The van der Waals surface area contributed by atoms with Crippen LogP contribution >= 0.6 is 43.2 Å². The highest BCUT2D eigenvalue weighted by Crippen LogP contribution is 2.26. The fourth-order valence-corrected chi connectivity index (χ4v) is 3.18. The minimum atomic E-state index is 0.572. The van der Waals surface area contributed by atoms with E-state index >= 15 is 0 Å². The molecule has 90 valence electrons. The number of hydrogen-bond acceptors (Lipinski definition) is 3. The van der Waals surface area contributed by atoms with Crippen LogP contribution in [-0.2, 0) is 11.9 Å². The lowest BCUT2D eigenvalue weighted by Crippen LogP contribution is -1.99. The molecule has 0 spiro atoms. The second-order valence-corrected chi connectivity index (χ2v) is 5.93. The molecule has 0 aliphatic heterocycles. The van der Waals surface area contributed by atoms with Crippen LogP contribution in [0.4, 0.5) is 0 Å². The van der Waals surface area contributed by atoms with Crippen LogP contribution < -0.4 is 4.74 Å². The van der Waals surface area contributed by atoms with Gasteiger partial charge < -0.3 is 4.74 Å². The average molecular weight is 377 g/mol. The summed E-state index contributed by atoms with van der Waals surface area (Å²) in [7, 11) is 0. The fraction of sp³-hybridized carbons (Fsp3) is 0.250. The molecule has 0 fully saturated rings. The van der Waals surface area contributed by atoms with Gasteiger partial charge in [-0.05, 0) is 46.4 Å². The van der Waals surface area contributed by atoms with Gasteiger partial charge in [0, 0.05) is 15.5 Å². The van der Waals surface area contributed by atoms with Gasteiger partial charge in [0.1, 0.15) is 12.4 Å². The first kappa shape index (κ1) is 13.1. The maximum atomic E-state index is 5.80. The van der Waals surface area contributed by atoms with Crippen LogP contribution in [0.15, 0.2) is 28.1 Å². The Kier molecular flexibility index (Phi) is 4.59. The molecule has 0 saturated carbocycles. The molecule has 0 bridgehead atoms. The Morgan fingerprint density at radius 2 is 2.18 bits per heavy atom. The molecule has 0 aliphatic rings. The summed E-state index contributed by atoms with van der Waals surface area (Å²) in [5.74, 6) is 0.841. The molecule has 0 amide bonds. The maximum absolute atomic E-state index is 5.80. The zero-order valence-electron chi connectivity index (χ0n) is 9.24. The molecule has 2 aromatic rings. The van der Waals surface area contributed by atoms with Gasteiger partial charge in [-0.2, -0.15) is 0 Å². The smallest absolute Gasteiger partial charge is 0.142 e. The summed E-state index contributed by atoms with van der Waals surface area (Å²) in [6.07, 6.45) is 0. The predicted octanol–water partition coefficient (Wildman–Crippen LogP) is 4.69. The summed E-state index contributed by atoms with van der Waals surface area (Å²) in [4.78, 5) is 5.62. The Hall–Kier alpha value is -0.390. The normalized spacial score (nSPS) is 10.5. The summed E-state index contributed by atoms with van der Waals surface area (Å²) < 4.78 is 6.90. The van der Waals surface area contributed by atoms with Crippen LogP contribution in [0.25, 0.3) is 0 Å². The average Bonchev–Trinajstić information content (AvgIpc) is 2.73. The lowest BCUT2D eigenvalue weighted by molar-refractivity contribution is 0.305. The number of thiophene rings is 1. The van der Waals surface area contributed by atoms with E-state index in [1.54, 1.807) is 11.3 Å². The second-order valence-electron chi connectivity index (χ2n) is 3.51. The molecular weight excluding hydrogens is 366 g/mol. The monoisotopic (exact) mass is 375 g/mol. The first-order chi connectivity index (χ1) is 8.20. The highest BCUT2D eigenvalue weighted by molar-refractivity contribution is 9.10. The number of aryl methyl sites for hydroxylation is 1. The molecule has 0 radical (unpaired) electrons. The SMILES string of the molecule is Cc1ccc(OCc2sccc2Br)c(CBr)n1. The van der Waals surface area contributed by atoms with Crippen LogP contribution in [0.3, 0.4) is 0 Å². The van der Waals surface area contributed by atoms with Crippen LogP contribution in [0, 0.1) is 6.92 Å². The van der Waals surface area contributed by atoms with Crippen molar-refractivity contribution in [1.29, 1.82) is 0 Å². The van der Waals surface area contributed by atoms with Gasteiger partial charge in [-0.1, -0.05) is 15.9 Å². The van der Waals surface area contributed by atoms with Crippen LogP contribution in [-0.4, -0.2) is 4.98 Å². The Labute approximate surface area is 121 Å².